The Morgan fingerprint density at radius 1 is 1.23 bits per heavy atom. The van der Waals surface area contributed by atoms with Crippen LogP contribution in [0.15, 0.2) is 6.20 Å². The third-order valence-electron chi connectivity index (χ3n) is 5.97. The lowest BCUT2D eigenvalue weighted by Gasteiger charge is -2.34. The van der Waals surface area contributed by atoms with Crippen molar-refractivity contribution in [2.24, 2.45) is 5.92 Å². The molecule has 144 valence electrons. The number of carbonyl (C=O) groups excluding carboxylic acids is 1. The number of carbonyl (C=O) groups is 1. The summed E-state index contributed by atoms with van der Waals surface area (Å²) in [6.07, 6.45) is 12.5. The Labute approximate surface area is 157 Å². The highest BCUT2D eigenvalue weighted by Crippen LogP contribution is 2.30. The number of rotatable bonds is 6. The van der Waals surface area contributed by atoms with Crippen molar-refractivity contribution in [1.29, 1.82) is 0 Å². The van der Waals surface area contributed by atoms with Gasteiger partial charge in [0.05, 0.1) is 12.3 Å². The van der Waals surface area contributed by atoms with Gasteiger partial charge < -0.3 is 9.64 Å². The van der Waals surface area contributed by atoms with Gasteiger partial charge >= 0.3 is 0 Å². The fourth-order valence-corrected chi connectivity index (χ4v) is 4.52. The van der Waals surface area contributed by atoms with Gasteiger partial charge in [-0.3, -0.25) is 4.79 Å². The first-order valence-corrected chi connectivity index (χ1v) is 10.3. The number of hydrogen-bond acceptors (Lipinski definition) is 4. The van der Waals surface area contributed by atoms with Crippen LogP contribution in [0.3, 0.4) is 0 Å². The SMILES string of the molecule is COCc1cnc(C)nc1C1CCCN(C(=O)CCC2CCCCC2)C1. The fraction of sp³-hybridized carbons (Fsp3) is 0.762. The molecule has 1 aromatic rings. The fourth-order valence-electron chi connectivity index (χ4n) is 4.52. The molecule has 0 aromatic carbocycles. The van der Waals surface area contributed by atoms with Crippen LogP contribution < -0.4 is 0 Å². The van der Waals surface area contributed by atoms with E-state index in [9.17, 15) is 4.79 Å². The zero-order chi connectivity index (χ0) is 18.4. The van der Waals surface area contributed by atoms with E-state index >= 15 is 0 Å². The first-order chi connectivity index (χ1) is 12.7. The molecular formula is C21H33N3O2. The highest BCUT2D eigenvalue weighted by atomic mass is 16.5. The van der Waals surface area contributed by atoms with E-state index in [0.717, 1.165) is 55.4 Å². The van der Waals surface area contributed by atoms with Gasteiger partial charge in [-0.2, -0.15) is 0 Å². The van der Waals surface area contributed by atoms with E-state index < -0.39 is 0 Å². The third kappa shape index (κ3) is 5.03. The molecule has 5 nitrogen and oxygen atoms in total. The summed E-state index contributed by atoms with van der Waals surface area (Å²) in [7, 11) is 1.70. The molecule has 0 radical (unpaired) electrons. The molecule has 1 saturated heterocycles. The maximum Gasteiger partial charge on any atom is 0.222 e. The molecule has 2 heterocycles. The summed E-state index contributed by atoms with van der Waals surface area (Å²) in [6, 6.07) is 0. The Hall–Kier alpha value is -1.49. The van der Waals surface area contributed by atoms with Crippen LogP contribution in [-0.2, 0) is 16.1 Å². The Morgan fingerprint density at radius 3 is 2.81 bits per heavy atom. The molecular weight excluding hydrogens is 326 g/mol. The molecule has 0 spiro atoms. The number of piperidine rings is 1. The minimum Gasteiger partial charge on any atom is -0.380 e. The second-order valence-electron chi connectivity index (χ2n) is 7.98. The van der Waals surface area contributed by atoms with E-state index in [1.54, 1.807) is 7.11 Å². The molecule has 1 aliphatic heterocycles. The number of nitrogens with zero attached hydrogens (tertiary/aromatic N) is 3. The lowest BCUT2D eigenvalue weighted by Crippen LogP contribution is -2.39. The number of aryl methyl sites for hydroxylation is 1. The van der Waals surface area contributed by atoms with Crippen LogP contribution in [0.2, 0.25) is 0 Å². The standard InChI is InChI=1S/C21H33N3O2/c1-16-22-13-19(15-26-2)21(23-16)18-9-6-12-24(14-18)20(25)11-10-17-7-4-3-5-8-17/h13,17-18H,3-12,14-15H2,1-2H3. The van der Waals surface area contributed by atoms with E-state index in [1.807, 2.05) is 13.1 Å². The lowest BCUT2D eigenvalue weighted by molar-refractivity contribution is -0.132. The Morgan fingerprint density at radius 2 is 2.04 bits per heavy atom. The number of likely N-dealkylation sites (tertiary alicyclic amines) is 1. The highest BCUT2D eigenvalue weighted by Gasteiger charge is 2.28. The van der Waals surface area contributed by atoms with Crippen LogP contribution in [0.5, 0.6) is 0 Å². The zero-order valence-corrected chi connectivity index (χ0v) is 16.4. The van der Waals surface area contributed by atoms with Crippen LogP contribution in [0, 0.1) is 12.8 Å². The van der Waals surface area contributed by atoms with Gasteiger partial charge in [0.1, 0.15) is 5.82 Å². The molecule has 1 unspecified atom stereocenters. The number of methoxy groups -OCH3 is 1. The van der Waals surface area contributed by atoms with Gasteiger partial charge in [0.25, 0.3) is 0 Å². The summed E-state index contributed by atoms with van der Waals surface area (Å²) in [5, 5.41) is 0. The summed E-state index contributed by atoms with van der Waals surface area (Å²) in [6.45, 7) is 4.14. The molecule has 1 amide bonds. The van der Waals surface area contributed by atoms with Crippen LogP contribution in [-0.4, -0.2) is 41.0 Å². The van der Waals surface area contributed by atoms with Crippen molar-refractivity contribution >= 4 is 5.91 Å². The van der Waals surface area contributed by atoms with Crippen molar-refractivity contribution in [3.8, 4) is 0 Å². The minimum atomic E-state index is 0.300. The van der Waals surface area contributed by atoms with Crippen LogP contribution in [0.4, 0.5) is 0 Å². The molecule has 1 aromatic heterocycles. The van der Waals surface area contributed by atoms with E-state index in [2.05, 4.69) is 9.88 Å². The zero-order valence-electron chi connectivity index (χ0n) is 16.4. The van der Waals surface area contributed by atoms with Crippen molar-refractivity contribution in [2.75, 3.05) is 20.2 Å². The number of amides is 1. The second kappa shape index (κ2) is 9.45. The van der Waals surface area contributed by atoms with Crippen molar-refractivity contribution < 1.29 is 9.53 Å². The third-order valence-corrected chi connectivity index (χ3v) is 5.97. The highest BCUT2D eigenvalue weighted by molar-refractivity contribution is 5.76. The van der Waals surface area contributed by atoms with Crippen LogP contribution in [0.1, 0.15) is 80.8 Å². The molecule has 1 atom stereocenters. The molecule has 3 rings (SSSR count). The lowest BCUT2D eigenvalue weighted by atomic mass is 9.86. The predicted molar refractivity (Wildman–Crippen MR) is 102 cm³/mol. The van der Waals surface area contributed by atoms with Crippen LogP contribution >= 0.6 is 0 Å². The topological polar surface area (TPSA) is 55.3 Å². The average Bonchev–Trinajstić information content (AvgIpc) is 2.68. The van der Waals surface area contributed by atoms with Gasteiger partial charge in [-0.15, -0.1) is 0 Å². The Bertz CT molecular complexity index is 599. The minimum absolute atomic E-state index is 0.300. The summed E-state index contributed by atoms with van der Waals surface area (Å²) in [5.41, 5.74) is 2.13. The molecule has 2 aliphatic rings. The Balaban J connectivity index is 1.60. The average molecular weight is 360 g/mol. The molecule has 0 bridgehead atoms. The normalized spacial score (nSPS) is 21.8. The maximum absolute atomic E-state index is 12.8. The smallest absolute Gasteiger partial charge is 0.222 e. The second-order valence-corrected chi connectivity index (χ2v) is 7.98. The van der Waals surface area contributed by atoms with Crippen LogP contribution in [0.25, 0.3) is 0 Å². The van der Waals surface area contributed by atoms with Crippen molar-refractivity contribution in [3.63, 3.8) is 0 Å². The molecule has 0 N–H and O–H groups in total. The first kappa shape index (κ1) is 19.3. The molecule has 1 aliphatic carbocycles. The molecule has 2 fully saturated rings. The van der Waals surface area contributed by atoms with Gasteiger partial charge in [0, 0.05) is 44.3 Å². The Kier molecular flexibility index (Phi) is 7.00. The largest absolute Gasteiger partial charge is 0.380 e. The van der Waals surface area contributed by atoms with E-state index in [4.69, 9.17) is 9.72 Å². The van der Waals surface area contributed by atoms with Gasteiger partial charge in [-0.25, -0.2) is 9.97 Å². The van der Waals surface area contributed by atoms with E-state index in [-0.39, 0.29) is 0 Å². The molecule has 1 saturated carbocycles. The van der Waals surface area contributed by atoms with Gasteiger partial charge in [0.2, 0.25) is 5.91 Å². The summed E-state index contributed by atoms with van der Waals surface area (Å²) >= 11 is 0. The summed E-state index contributed by atoms with van der Waals surface area (Å²) < 4.78 is 5.32. The van der Waals surface area contributed by atoms with Crippen molar-refractivity contribution in [2.45, 2.75) is 77.2 Å². The van der Waals surface area contributed by atoms with E-state index in [1.165, 1.54) is 32.1 Å². The number of ether oxygens (including phenoxy) is 1. The number of hydrogen-bond donors (Lipinski definition) is 0. The van der Waals surface area contributed by atoms with Crippen molar-refractivity contribution in [1.82, 2.24) is 14.9 Å². The maximum atomic E-state index is 12.8. The van der Waals surface area contributed by atoms with E-state index in [0.29, 0.717) is 24.9 Å². The summed E-state index contributed by atoms with van der Waals surface area (Å²) in [4.78, 5) is 23.9. The van der Waals surface area contributed by atoms with Crippen molar-refractivity contribution in [3.05, 3.63) is 23.3 Å². The monoisotopic (exact) mass is 359 g/mol. The molecule has 26 heavy (non-hydrogen) atoms. The number of aromatic nitrogens is 2. The first-order valence-electron chi connectivity index (χ1n) is 10.3. The summed E-state index contributed by atoms with van der Waals surface area (Å²) in [5.74, 6) is 2.19. The van der Waals surface area contributed by atoms with Gasteiger partial charge in [0.15, 0.2) is 0 Å². The predicted octanol–water partition coefficient (Wildman–Crippen LogP) is 4.00. The van der Waals surface area contributed by atoms with Gasteiger partial charge in [-0.05, 0) is 32.1 Å². The molecule has 5 heteroatoms. The van der Waals surface area contributed by atoms with Gasteiger partial charge in [-0.1, -0.05) is 32.1 Å². The quantitative estimate of drug-likeness (QED) is 0.770.